The maximum Gasteiger partial charge on any atom is 0.255 e. The molecule has 16 heavy (non-hydrogen) atoms. The molecular formula is C12H14N2OS. The number of nitrogens with one attached hydrogen (secondary N) is 1. The van der Waals surface area contributed by atoms with Crippen LogP contribution < -0.4 is 10.2 Å². The zero-order valence-electron chi connectivity index (χ0n) is 9.14. The fourth-order valence-corrected chi connectivity index (χ4v) is 2.17. The molecule has 1 aliphatic rings. The van der Waals surface area contributed by atoms with E-state index in [9.17, 15) is 4.79 Å². The molecule has 3 nitrogen and oxygen atoms in total. The number of hydrogen-bond donors (Lipinski definition) is 1. The van der Waals surface area contributed by atoms with Crippen molar-refractivity contribution in [1.82, 2.24) is 5.32 Å². The van der Waals surface area contributed by atoms with Crippen LogP contribution in [0.25, 0.3) is 0 Å². The number of anilines is 1. The summed E-state index contributed by atoms with van der Waals surface area (Å²) in [6.45, 7) is 2.06. The molecule has 1 atom stereocenters. The van der Waals surface area contributed by atoms with Crippen LogP contribution in [0.15, 0.2) is 30.3 Å². The third-order valence-electron chi connectivity index (χ3n) is 2.61. The lowest BCUT2D eigenvalue weighted by molar-refractivity contribution is -0.118. The monoisotopic (exact) mass is 234 g/mol. The minimum Gasteiger partial charge on any atom is -0.350 e. The van der Waals surface area contributed by atoms with Crippen LogP contribution in [0, 0.1) is 0 Å². The molecule has 0 radical (unpaired) electrons. The average Bonchev–Trinajstić information content (AvgIpc) is 2.56. The van der Waals surface area contributed by atoms with Gasteiger partial charge in [-0.3, -0.25) is 9.69 Å². The van der Waals surface area contributed by atoms with Crippen molar-refractivity contribution in [3.8, 4) is 0 Å². The molecule has 1 unspecified atom stereocenters. The van der Waals surface area contributed by atoms with E-state index in [1.54, 1.807) is 4.90 Å². The van der Waals surface area contributed by atoms with Crippen LogP contribution >= 0.6 is 12.2 Å². The van der Waals surface area contributed by atoms with Gasteiger partial charge in [0.25, 0.3) is 5.91 Å². The maximum absolute atomic E-state index is 12.1. The standard InChI is InChI=1S/C12H14N2OS/c1-2-6-10-11(15)14(12(16)13-10)9-7-4-3-5-8-9/h3-5,7-8,10H,2,6H2,1H3,(H,13,16). The molecule has 1 aromatic rings. The number of para-hydroxylation sites is 1. The van der Waals surface area contributed by atoms with Crippen LogP contribution in [0.5, 0.6) is 0 Å². The van der Waals surface area contributed by atoms with Crippen LogP contribution in [-0.2, 0) is 4.79 Å². The van der Waals surface area contributed by atoms with Gasteiger partial charge in [-0.1, -0.05) is 31.5 Å². The lowest BCUT2D eigenvalue weighted by Gasteiger charge is -2.14. The number of carbonyl (C=O) groups excluding carboxylic acids is 1. The molecule has 2 rings (SSSR count). The first kappa shape index (κ1) is 11.1. The summed E-state index contributed by atoms with van der Waals surface area (Å²) < 4.78 is 0. The van der Waals surface area contributed by atoms with Gasteiger partial charge in [0.05, 0.1) is 5.69 Å². The van der Waals surface area contributed by atoms with Gasteiger partial charge in [-0.25, -0.2) is 0 Å². The zero-order valence-corrected chi connectivity index (χ0v) is 9.96. The van der Waals surface area contributed by atoms with Crippen molar-refractivity contribution in [1.29, 1.82) is 0 Å². The SMILES string of the molecule is CCCC1NC(=S)N(c2ccccc2)C1=O. The molecule has 1 aliphatic heterocycles. The van der Waals surface area contributed by atoms with Gasteiger partial charge >= 0.3 is 0 Å². The van der Waals surface area contributed by atoms with Crippen molar-refractivity contribution in [3.05, 3.63) is 30.3 Å². The topological polar surface area (TPSA) is 32.3 Å². The first-order chi connectivity index (χ1) is 7.74. The molecule has 0 saturated carbocycles. The van der Waals surface area contributed by atoms with E-state index >= 15 is 0 Å². The first-order valence-corrected chi connectivity index (χ1v) is 5.84. The normalized spacial score (nSPS) is 20.1. The predicted molar refractivity (Wildman–Crippen MR) is 68.4 cm³/mol. The number of rotatable bonds is 3. The molecule has 0 aromatic heterocycles. The molecular weight excluding hydrogens is 220 g/mol. The van der Waals surface area contributed by atoms with Crippen LogP contribution in [0.3, 0.4) is 0 Å². The number of benzene rings is 1. The van der Waals surface area contributed by atoms with Gasteiger partial charge in [0.15, 0.2) is 5.11 Å². The van der Waals surface area contributed by atoms with Gasteiger partial charge in [-0.05, 0) is 30.8 Å². The van der Waals surface area contributed by atoms with Gasteiger partial charge in [0.2, 0.25) is 0 Å². The highest BCUT2D eigenvalue weighted by atomic mass is 32.1. The van der Waals surface area contributed by atoms with E-state index in [4.69, 9.17) is 12.2 Å². The van der Waals surface area contributed by atoms with Crippen molar-refractivity contribution in [2.24, 2.45) is 0 Å². The van der Waals surface area contributed by atoms with E-state index in [0.29, 0.717) is 5.11 Å². The summed E-state index contributed by atoms with van der Waals surface area (Å²) in [5, 5.41) is 3.57. The van der Waals surface area contributed by atoms with E-state index in [-0.39, 0.29) is 11.9 Å². The van der Waals surface area contributed by atoms with E-state index in [1.807, 2.05) is 30.3 Å². The molecule has 4 heteroatoms. The number of hydrogen-bond acceptors (Lipinski definition) is 2. The Bertz CT molecular complexity index is 405. The van der Waals surface area contributed by atoms with Gasteiger partial charge in [0, 0.05) is 0 Å². The molecule has 0 aliphatic carbocycles. The predicted octanol–water partition coefficient (Wildman–Crippen LogP) is 2.08. The molecule has 1 amide bonds. The van der Waals surface area contributed by atoms with Gasteiger partial charge in [-0.15, -0.1) is 0 Å². The number of thiocarbonyl (C=S) groups is 1. The van der Waals surface area contributed by atoms with Crippen molar-refractivity contribution in [2.75, 3.05) is 4.90 Å². The van der Waals surface area contributed by atoms with Crippen LogP contribution in [0.1, 0.15) is 19.8 Å². The average molecular weight is 234 g/mol. The molecule has 84 valence electrons. The Morgan fingerprint density at radius 1 is 1.38 bits per heavy atom. The Kier molecular flexibility index (Phi) is 3.19. The molecule has 1 N–H and O–H groups in total. The van der Waals surface area contributed by atoms with Crippen LogP contribution in [0.2, 0.25) is 0 Å². The summed E-state index contributed by atoms with van der Waals surface area (Å²) in [4.78, 5) is 13.7. The largest absolute Gasteiger partial charge is 0.350 e. The smallest absolute Gasteiger partial charge is 0.255 e. The first-order valence-electron chi connectivity index (χ1n) is 5.43. The van der Waals surface area contributed by atoms with Crippen molar-refractivity contribution in [2.45, 2.75) is 25.8 Å². The van der Waals surface area contributed by atoms with Crippen molar-refractivity contribution < 1.29 is 4.79 Å². The third kappa shape index (κ3) is 1.93. The summed E-state index contributed by atoms with van der Waals surface area (Å²) in [6, 6.07) is 9.35. The fraction of sp³-hybridized carbons (Fsp3) is 0.333. The highest BCUT2D eigenvalue weighted by molar-refractivity contribution is 7.80. The van der Waals surface area contributed by atoms with E-state index in [2.05, 4.69) is 12.2 Å². The Balaban J connectivity index is 2.23. The highest BCUT2D eigenvalue weighted by Crippen LogP contribution is 2.20. The highest BCUT2D eigenvalue weighted by Gasteiger charge is 2.35. The van der Waals surface area contributed by atoms with Crippen LogP contribution in [0.4, 0.5) is 5.69 Å². The van der Waals surface area contributed by atoms with Gasteiger partial charge in [0.1, 0.15) is 6.04 Å². The van der Waals surface area contributed by atoms with Crippen molar-refractivity contribution in [3.63, 3.8) is 0 Å². The van der Waals surface area contributed by atoms with E-state index < -0.39 is 0 Å². The number of nitrogens with zero attached hydrogens (tertiary/aromatic N) is 1. The Morgan fingerprint density at radius 2 is 2.06 bits per heavy atom. The number of carbonyl (C=O) groups is 1. The second-order valence-corrected chi connectivity index (χ2v) is 4.19. The summed E-state index contributed by atoms with van der Waals surface area (Å²) in [5.41, 5.74) is 0.837. The van der Waals surface area contributed by atoms with Gasteiger partial charge < -0.3 is 5.32 Å². The molecule has 1 saturated heterocycles. The summed E-state index contributed by atoms with van der Waals surface area (Å²) >= 11 is 5.18. The quantitative estimate of drug-likeness (QED) is 0.813. The zero-order chi connectivity index (χ0) is 11.5. The molecule has 1 heterocycles. The third-order valence-corrected chi connectivity index (χ3v) is 2.91. The van der Waals surface area contributed by atoms with Crippen LogP contribution in [-0.4, -0.2) is 17.1 Å². The Morgan fingerprint density at radius 3 is 2.69 bits per heavy atom. The minimum absolute atomic E-state index is 0.0538. The summed E-state index contributed by atoms with van der Waals surface area (Å²) in [6.07, 6.45) is 1.79. The second-order valence-electron chi connectivity index (χ2n) is 3.80. The molecule has 0 spiro atoms. The molecule has 0 bridgehead atoms. The Labute approximate surface area is 100 Å². The lowest BCUT2D eigenvalue weighted by atomic mass is 10.1. The number of amides is 1. The van der Waals surface area contributed by atoms with E-state index in [1.165, 1.54) is 0 Å². The fourth-order valence-electron chi connectivity index (χ4n) is 1.84. The van der Waals surface area contributed by atoms with Gasteiger partial charge in [-0.2, -0.15) is 0 Å². The summed E-state index contributed by atoms with van der Waals surface area (Å²) in [5.74, 6) is 0.0538. The maximum atomic E-state index is 12.1. The minimum atomic E-state index is -0.155. The lowest BCUT2D eigenvalue weighted by Crippen LogP contribution is -2.31. The Hall–Kier alpha value is -1.42. The molecule has 1 fully saturated rings. The second kappa shape index (κ2) is 4.61. The van der Waals surface area contributed by atoms with E-state index in [0.717, 1.165) is 18.5 Å². The summed E-state index contributed by atoms with van der Waals surface area (Å²) in [7, 11) is 0. The van der Waals surface area contributed by atoms with Crippen molar-refractivity contribution >= 4 is 28.9 Å². The molecule has 1 aromatic carbocycles.